The van der Waals surface area contributed by atoms with Crippen molar-refractivity contribution in [2.45, 2.75) is 46.7 Å². The van der Waals surface area contributed by atoms with Gasteiger partial charge in [-0.05, 0) is 41.5 Å². The van der Waals surface area contributed by atoms with Crippen molar-refractivity contribution >= 4 is 23.2 Å². The second kappa shape index (κ2) is 4.40. The molecule has 0 aromatic heterocycles. The third-order valence-electron chi connectivity index (χ3n) is 4.86. The number of hydrogen-bond donors (Lipinski definition) is 1. The molecule has 1 fully saturated rings. The van der Waals surface area contributed by atoms with Crippen molar-refractivity contribution in [1.82, 2.24) is 5.32 Å². The van der Waals surface area contributed by atoms with E-state index in [1.54, 1.807) is 0 Å². The SMILES string of the molecule is CC(NC1C(C)(C)C1(C)C)c1cc(Cl)ccc1Cl. The van der Waals surface area contributed by atoms with Gasteiger partial charge >= 0.3 is 0 Å². The lowest BCUT2D eigenvalue weighted by Crippen LogP contribution is -2.26. The van der Waals surface area contributed by atoms with Crippen LogP contribution >= 0.6 is 23.2 Å². The average Bonchev–Trinajstić information content (AvgIpc) is 2.64. The number of rotatable bonds is 3. The van der Waals surface area contributed by atoms with Crippen molar-refractivity contribution in [1.29, 1.82) is 0 Å². The summed E-state index contributed by atoms with van der Waals surface area (Å²) in [6.07, 6.45) is 0. The maximum atomic E-state index is 6.24. The average molecular weight is 286 g/mol. The summed E-state index contributed by atoms with van der Waals surface area (Å²) in [6.45, 7) is 11.4. The fourth-order valence-corrected chi connectivity index (χ4v) is 3.26. The number of benzene rings is 1. The van der Waals surface area contributed by atoms with E-state index in [0.717, 1.165) is 15.6 Å². The van der Waals surface area contributed by atoms with Gasteiger partial charge in [0, 0.05) is 22.1 Å². The van der Waals surface area contributed by atoms with Crippen molar-refractivity contribution in [2.24, 2.45) is 10.8 Å². The van der Waals surface area contributed by atoms with Crippen molar-refractivity contribution in [3.05, 3.63) is 33.8 Å². The Kier molecular flexibility index (Phi) is 3.46. The molecule has 0 spiro atoms. The molecule has 3 heteroatoms. The lowest BCUT2D eigenvalue weighted by molar-refractivity contribution is 0.457. The molecule has 0 bridgehead atoms. The first-order chi connectivity index (χ1) is 8.18. The van der Waals surface area contributed by atoms with Gasteiger partial charge in [-0.2, -0.15) is 0 Å². The van der Waals surface area contributed by atoms with Crippen molar-refractivity contribution < 1.29 is 0 Å². The Morgan fingerprint density at radius 3 is 2.17 bits per heavy atom. The van der Waals surface area contributed by atoms with E-state index < -0.39 is 0 Å². The molecule has 0 amide bonds. The van der Waals surface area contributed by atoms with E-state index >= 15 is 0 Å². The predicted molar refractivity (Wildman–Crippen MR) is 79.4 cm³/mol. The normalized spacial score (nSPS) is 22.8. The molecule has 0 aliphatic heterocycles. The lowest BCUT2D eigenvalue weighted by atomic mass is 10.0. The summed E-state index contributed by atoms with van der Waals surface area (Å²) in [5.41, 5.74) is 1.72. The molecule has 0 heterocycles. The first-order valence-corrected chi connectivity index (χ1v) is 7.14. The van der Waals surface area contributed by atoms with E-state index in [0.29, 0.717) is 16.9 Å². The first-order valence-electron chi connectivity index (χ1n) is 6.39. The summed E-state index contributed by atoms with van der Waals surface area (Å²) < 4.78 is 0. The Labute approximate surface area is 120 Å². The van der Waals surface area contributed by atoms with Crippen LogP contribution in [-0.4, -0.2) is 6.04 Å². The van der Waals surface area contributed by atoms with E-state index in [2.05, 4.69) is 39.9 Å². The highest BCUT2D eigenvalue weighted by molar-refractivity contribution is 6.33. The summed E-state index contributed by atoms with van der Waals surface area (Å²) >= 11 is 12.3. The van der Waals surface area contributed by atoms with Crippen LogP contribution in [0.3, 0.4) is 0 Å². The monoisotopic (exact) mass is 285 g/mol. The van der Waals surface area contributed by atoms with Crippen LogP contribution in [0.15, 0.2) is 18.2 Å². The maximum absolute atomic E-state index is 6.24. The zero-order valence-corrected chi connectivity index (χ0v) is 13.2. The Morgan fingerprint density at radius 1 is 1.11 bits per heavy atom. The summed E-state index contributed by atoms with van der Waals surface area (Å²) in [5, 5.41) is 5.18. The largest absolute Gasteiger partial charge is 0.306 e. The number of nitrogens with one attached hydrogen (secondary N) is 1. The van der Waals surface area contributed by atoms with Crippen LogP contribution in [0.5, 0.6) is 0 Å². The van der Waals surface area contributed by atoms with Crippen molar-refractivity contribution in [3.63, 3.8) is 0 Å². The van der Waals surface area contributed by atoms with E-state index in [1.165, 1.54) is 0 Å². The Hall–Kier alpha value is -0.240. The second-order valence-corrected chi connectivity index (χ2v) is 7.27. The quantitative estimate of drug-likeness (QED) is 0.817. The smallest absolute Gasteiger partial charge is 0.0454 e. The summed E-state index contributed by atoms with van der Waals surface area (Å²) in [4.78, 5) is 0. The Balaban J connectivity index is 2.14. The van der Waals surface area contributed by atoms with Gasteiger partial charge in [-0.25, -0.2) is 0 Å². The topological polar surface area (TPSA) is 12.0 Å². The van der Waals surface area contributed by atoms with Gasteiger partial charge in [0.15, 0.2) is 0 Å². The minimum absolute atomic E-state index is 0.210. The maximum Gasteiger partial charge on any atom is 0.0454 e. The molecule has 1 aromatic rings. The molecule has 100 valence electrons. The van der Waals surface area contributed by atoms with Gasteiger partial charge in [0.2, 0.25) is 0 Å². The van der Waals surface area contributed by atoms with Crippen molar-refractivity contribution in [3.8, 4) is 0 Å². The predicted octanol–water partition coefficient (Wildman–Crippen LogP) is 5.08. The molecule has 1 N–H and O–H groups in total. The fraction of sp³-hybridized carbons (Fsp3) is 0.600. The highest BCUT2D eigenvalue weighted by Crippen LogP contribution is 2.63. The van der Waals surface area contributed by atoms with E-state index in [9.17, 15) is 0 Å². The summed E-state index contributed by atoms with van der Waals surface area (Å²) in [7, 11) is 0. The highest BCUT2D eigenvalue weighted by Gasteiger charge is 2.64. The number of hydrogen-bond acceptors (Lipinski definition) is 1. The Morgan fingerprint density at radius 2 is 1.67 bits per heavy atom. The van der Waals surface area contributed by atoms with Gasteiger partial charge in [0.05, 0.1) is 0 Å². The van der Waals surface area contributed by atoms with E-state index in [1.807, 2.05) is 18.2 Å². The molecular formula is C15H21Cl2N. The fourth-order valence-electron chi connectivity index (χ4n) is 2.80. The number of halogens is 2. The molecule has 0 saturated heterocycles. The molecular weight excluding hydrogens is 265 g/mol. The lowest BCUT2D eigenvalue weighted by Gasteiger charge is -2.17. The van der Waals surface area contributed by atoms with E-state index in [4.69, 9.17) is 23.2 Å². The van der Waals surface area contributed by atoms with Crippen LogP contribution in [-0.2, 0) is 0 Å². The molecule has 0 radical (unpaired) electrons. The van der Waals surface area contributed by atoms with Crippen LogP contribution in [0.2, 0.25) is 10.0 Å². The molecule has 18 heavy (non-hydrogen) atoms. The van der Waals surface area contributed by atoms with Crippen LogP contribution < -0.4 is 5.32 Å². The molecule has 1 aliphatic rings. The van der Waals surface area contributed by atoms with Crippen LogP contribution in [0, 0.1) is 10.8 Å². The minimum Gasteiger partial charge on any atom is -0.306 e. The van der Waals surface area contributed by atoms with Gasteiger partial charge in [0.1, 0.15) is 0 Å². The Bertz CT molecular complexity index is 452. The van der Waals surface area contributed by atoms with Gasteiger partial charge in [-0.15, -0.1) is 0 Å². The standard InChI is InChI=1S/C15H21Cl2N/c1-9(11-8-10(16)6-7-12(11)17)18-13-14(2,3)15(13,4)5/h6-9,13,18H,1-5H3. The zero-order valence-electron chi connectivity index (χ0n) is 11.6. The van der Waals surface area contributed by atoms with Crippen molar-refractivity contribution in [2.75, 3.05) is 0 Å². The molecule has 1 aliphatic carbocycles. The second-order valence-electron chi connectivity index (χ2n) is 6.43. The summed E-state index contributed by atoms with van der Waals surface area (Å²) in [6, 6.07) is 6.35. The van der Waals surface area contributed by atoms with Crippen LogP contribution in [0.25, 0.3) is 0 Å². The molecule has 1 nitrogen and oxygen atoms in total. The van der Waals surface area contributed by atoms with Gasteiger partial charge in [-0.3, -0.25) is 0 Å². The first kappa shape index (κ1) is 14.2. The van der Waals surface area contributed by atoms with E-state index in [-0.39, 0.29) is 6.04 Å². The van der Waals surface area contributed by atoms with Crippen LogP contribution in [0.4, 0.5) is 0 Å². The highest BCUT2D eigenvalue weighted by atomic mass is 35.5. The van der Waals surface area contributed by atoms with Gasteiger partial charge in [0.25, 0.3) is 0 Å². The molecule has 2 rings (SSSR count). The molecule has 1 unspecified atom stereocenters. The molecule has 1 atom stereocenters. The zero-order chi connectivity index (χ0) is 13.7. The third kappa shape index (κ3) is 2.17. The molecule has 1 saturated carbocycles. The van der Waals surface area contributed by atoms with Gasteiger partial charge in [-0.1, -0.05) is 50.9 Å². The third-order valence-corrected chi connectivity index (χ3v) is 5.44. The minimum atomic E-state index is 0.210. The summed E-state index contributed by atoms with van der Waals surface area (Å²) in [5.74, 6) is 0. The molecule has 1 aromatic carbocycles. The van der Waals surface area contributed by atoms with Gasteiger partial charge < -0.3 is 5.32 Å². The van der Waals surface area contributed by atoms with Crippen LogP contribution in [0.1, 0.15) is 46.2 Å².